The molecule has 0 saturated carbocycles. The molecular weight excluding hydrogens is 333 g/mol. The fourth-order valence-corrected chi connectivity index (χ4v) is 1.30. The molecule has 3 nitrogen and oxygen atoms in total. The zero-order valence-electron chi connectivity index (χ0n) is 8.12. The molecule has 0 radical (unpaired) electrons. The Morgan fingerprint density at radius 1 is 1.38 bits per heavy atom. The van der Waals surface area contributed by atoms with Crippen molar-refractivity contribution >= 4 is 28.6 Å². The number of rotatable bonds is 5. The van der Waals surface area contributed by atoms with E-state index in [-0.39, 0.29) is 6.61 Å². The van der Waals surface area contributed by atoms with Crippen molar-refractivity contribution in [2.24, 2.45) is 0 Å². The summed E-state index contributed by atoms with van der Waals surface area (Å²) in [6.45, 7) is -1.14. The fourth-order valence-electron chi connectivity index (χ4n) is 0.939. The third-order valence-corrected chi connectivity index (χ3v) is 2.50. The molecule has 0 aromatic heterocycles. The first kappa shape index (κ1) is 13.3. The molecule has 0 bridgehead atoms. The standard InChI is InChI=1S/C10H9F2IO3/c11-10(12,9(14)15)6-16-5-7-1-3-8(13)4-2-7/h1-4H,5-6H2,(H,14,15). The second-order valence-corrected chi connectivity index (χ2v) is 4.37. The second-order valence-electron chi connectivity index (χ2n) is 3.13. The highest BCUT2D eigenvalue weighted by molar-refractivity contribution is 14.1. The van der Waals surface area contributed by atoms with Gasteiger partial charge in [-0.25, -0.2) is 4.79 Å². The maximum absolute atomic E-state index is 12.6. The highest BCUT2D eigenvalue weighted by Gasteiger charge is 2.39. The second kappa shape index (κ2) is 5.53. The third kappa shape index (κ3) is 4.01. The van der Waals surface area contributed by atoms with Gasteiger partial charge in [-0.2, -0.15) is 8.78 Å². The van der Waals surface area contributed by atoms with E-state index < -0.39 is 18.5 Å². The molecule has 1 aromatic carbocycles. The Balaban J connectivity index is 2.41. The summed E-state index contributed by atoms with van der Waals surface area (Å²) in [5, 5.41) is 8.14. The van der Waals surface area contributed by atoms with Crippen LogP contribution in [-0.2, 0) is 16.1 Å². The average molecular weight is 342 g/mol. The van der Waals surface area contributed by atoms with Gasteiger partial charge < -0.3 is 9.84 Å². The van der Waals surface area contributed by atoms with E-state index in [1.165, 1.54) is 0 Å². The van der Waals surface area contributed by atoms with Crippen LogP contribution in [0.2, 0.25) is 0 Å². The van der Waals surface area contributed by atoms with Gasteiger partial charge in [-0.1, -0.05) is 12.1 Å². The monoisotopic (exact) mass is 342 g/mol. The van der Waals surface area contributed by atoms with Crippen LogP contribution in [0.4, 0.5) is 8.78 Å². The SMILES string of the molecule is O=C(O)C(F)(F)COCc1ccc(I)cc1. The van der Waals surface area contributed by atoms with Gasteiger partial charge in [-0.3, -0.25) is 0 Å². The van der Waals surface area contributed by atoms with E-state index >= 15 is 0 Å². The summed E-state index contributed by atoms with van der Waals surface area (Å²) in [7, 11) is 0. The summed E-state index contributed by atoms with van der Waals surface area (Å²) < 4.78 is 30.9. The zero-order chi connectivity index (χ0) is 12.2. The Hall–Kier alpha value is -0.760. The number of hydrogen-bond acceptors (Lipinski definition) is 2. The average Bonchev–Trinajstić information content (AvgIpc) is 2.20. The fraction of sp³-hybridized carbons (Fsp3) is 0.300. The number of aliphatic carboxylic acids is 1. The molecule has 16 heavy (non-hydrogen) atoms. The van der Waals surface area contributed by atoms with Crippen molar-refractivity contribution < 1.29 is 23.4 Å². The Labute approximate surface area is 105 Å². The molecule has 0 amide bonds. The van der Waals surface area contributed by atoms with Crippen LogP contribution in [-0.4, -0.2) is 23.6 Å². The summed E-state index contributed by atoms with van der Waals surface area (Å²) in [6.07, 6.45) is 0. The van der Waals surface area contributed by atoms with Crippen LogP contribution in [0.15, 0.2) is 24.3 Å². The molecule has 0 saturated heterocycles. The molecule has 0 atom stereocenters. The molecule has 0 heterocycles. The molecule has 0 aliphatic rings. The molecule has 1 N–H and O–H groups in total. The quantitative estimate of drug-likeness (QED) is 0.837. The van der Waals surface area contributed by atoms with Crippen LogP contribution in [0.3, 0.4) is 0 Å². The topological polar surface area (TPSA) is 46.5 Å². The maximum atomic E-state index is 12.6. The first-order valence-corrected chi connectivity index (χ1v) is 5.43. The Bertz CT molecular complexity index is 365. The van der Waals surface area contributed by atoms with Crippen molar-refractivity contribution in [3.05, 3.63) is 33.4 Å². The van der Waals surface area contributed by atoms with E-state index in [0.29, 0.717) is 0 Å². The van der Waals surface area contributed by atoms with Crippen LogP contribution in [0.5, 0.6) is 0 Å². The summed E-state index contributed by atoms with van der Waals surface area (Å²) in [5.74, 6) is -6.00. The molecule has 88 valence electrons. The Morgan fingerprint density at radius 2 is 1.94 bits per heavy atom. The van der Waals surface area contributed by atoms with Gasteiger partial charge in [-0.15, -0.1) is 0 Å². The van der Waals surface area contributed by atoms with Crippen molar-refractivity contribution in [1.29, 1.82) is 0 Å². The van der Waals surface area contributed by atoms with Gasteiger partial charge >= 0.3 is 11.9 Å². The number of hydrogen-bond donors (Lipinski definition) is 1. The molecule has 0 unspecified atom stereocenters. The van der Waals surface area contributed by atoms with Crippen LogP contribution in [0.25, 0.3) is 0 Å². The number of alkyl halides is 2. The van der Waals surface area contributed by atoms with Gasteiger partial charge in [0.25, 0.3) is 0 Å². The summed E-state index contributed by atoms with van der Waals surface area (Å²) >= 11 is 2.12. The Kier molecular flexibility index (Phi) is 4.60. The van der Waals surface area contributed by atoms with Gasteiger partial charge in [0.05, 0.1) is 6.61 Å². The summed E-state index contributed by atoms with van der Waals surface area (Å²) in [6, 6.07) is 7.10. The normalized spacial score (nSPS) is 11.4. The zero-order valence-corrected chi connectivity index (χ0v) is 10.3. The molecule has 6 heteroatoms. The number of carboxylic acid groups (broad SMARTS) is 1. The predicted octanol–water partition coefficient (Wildman–Crippen LogP) is 2.53. The molecular formula is C10H9F2IO3. The highest BCUT2D eigenvalue weighted by atomic mass is 127. The first-order valence-electron chi connectivity index (χ1n) is 4.35. The molecule has 1 rings (SSSR count). The van der Waals surface area contributed by atoms with Gasteiger partial charge in [-0.05, 0) is 40.3 Å². The van der Waals surface area contributed by atoms with Crippen LogP contribution < -0.4 is 0 Å². The number of ether oxygens (including phenoxy) is 1. The van der Waals surface area contributed by atoms with E-state index in [9.17, 15) is 13.6 Å². The summed E-state index contributed by atoms with van der Waals surface area (Å²) in [5.41, 5.74) is 0.724. The van der Waals surface area contributed by atoms with E-state index in [1.807, 2.05) is 12.1 Å². The van der Waals surface area contributed by atoms with Gasteiger partial charge in [0, 0.05) is 3.57 Å². The largest absolute Gasteiger partial charge is 0.477 e. The first-order chi connectivity index (χ1) is 7.42. The van der Waals surface area contributed by atoms with Crippen LogP contribution >= 0.6 is 22.6 Å². The van der Waals surface area contributed by atoms with Crippen LogP contribution in [0, 0.1) is 3.57 Å². The van der Waals surface area contributed by atoms with E-state index in [4.69, 9.17) is 5.11 Å². The van der Waals surface area contributed by atoms with Crippen molar-refractivity contribution in [3.8, 4) is 0 Å². The molecule has 1 aromatic rings. The van der Waals surface area contributed by atoms with Gasteiger partial charge in [0.2, 0.25) is 0 Å². The molecule has 0 aliphatic heterocycles. The molecule has 0 fully saturated rings. The van der Waals surface area contributed by atoms with Crippen molar-refractivity contribution in [1.82, 2.24) is 0 Å². The van der Waals surface area contributed by atoms with Gasteiger partial charge in [0.15, 0.2) is 0 Å². The van der Waals surface area contributed by atoms with E-state index in [0.717, 1.165) is 9.13 Å². The lowest BCUT2D eigenvalue weighted by Crippen LogP contribution is -2.33. The highest BCUT2D eigenvalue weighted by Crippen LogP contribution is 2.15. The Morgan fingerprint density at radius 3 is 2.44 bits per heavy atom. The lowest BCUT2D eigenvalue weighted by molar-refractivity contribution is -0.174. The summed E-state index contributed by atoms with van der Waals surface area (Å²) in [4.78, 5) is 10.1. The van der Waals surface area contributed by atoms with Gasteiger partial charge in [0.1, 0.15) is 6.61 Å². The minimum absolute atomic E-state index is 0.0280. The minimum Gasteiger partial charge on any atom is -0.477 e. The lowest BCUT2D eigenvalue weighted by atomic mass is 10.2. The number of halogens is 3. The smallest absolute Gasteiger partial charge is 0.377 e. The number of carboxylic acids is 1. The maximum Gasteiger partial charge on any atom is 0.377 e. The van der Waals surface area contributed by atoms with Crippen LogP contribution in [0.1, 0.15) is 5.56 Å². The lowest BCUT2D eigenvalue weighted by Gasteiger charge is -2.11. The third-order valence-electron chi connectivity index (χ3n) is 1.78. The molecule has 0 spiro atoms. The number of benzene rings is 1. The minimum atomic E-state index is -3.83. The van der Waals surface area contributed by atoms with E-state index in [2.05, 4.69) is 27.3 Å². The van der Waals surface area contributed by atoms with Crippen molar-refractivity contribution in [3.63, 3.8) is 0 Å². The number of carbonyl (C=O) groups is 1. The molecule has 0 aliphatic carbocycles. The van der Waals surface area contributed by atoms with E-state index in [1.54, 1.807) is 12.1 Å². The predicted molar refractivity (Wildman–Crippen MR) is 61.4 cm³/mol. The van der Waals surface area contributed by atoms with Crippen molar-refractivity contribution in [2.45, 2.75) is 12.5 Å². The van der Waals surface area contributed by atoms with Crippen molar-refractivity contribution in [2.75, 3.05) is 6.61 Å².